The van der Waals surface area contributed by atoms with Gasteiger partial charge < -0.3 is 4.42 Å². The van der Waals surface area contributed by atoms with Crippen LogP contribution >= 0.6 is 11.3 Å². The molecule has 0 saturated heterocycles. The van der Waals surface area contributed by atoms with Crippen molar-refractivity contribution in [3.63, 3.8) is 0 Å². The number of furan rings is 1. The first-order valence-corrected chi connectivity index (χ1v) is 13.2. The Balaban J connectivity index is 1.40. The maximum atomic E-state index is 12.4. The molecular formula is C20H17N5O5S3. The van der Waals surface area contributed by atoms with Crippen LogP contribution in [-0.4, -0.2) is 28.0 Å². The maximum Gasteiger partial charge on any atom is 0.263 e. The molecule has 2 aromatic heterocycles. The van der Waals surface area contributed by atoms with Gasteiger partial charge in [0.05, 0.1) is 21.7 Å². The second-order valence-electron chi connectivity index (χ2n) is 6.61. The number of hydrazone groups is 1. The highest BCUT2D eigenvalue weighted by atomic mass is 32.2. The van der Waals surface area contributed by atoms with Gasteiger partial charge in [0.15, 0.2) is 5.13 Å². The third-order valence-corrected chi connectivity index (χ3v) is 7.40. The summed E-state index contributed by atoms with van der Waals surface area (Å²) in [6, 6.07) is 15.5. The molecule has 4 rings (SSSR count). The summed E-state index contributed by atoms with van der Waals surface area (Å²) < 4.78 is 55.5. The first kappa shape index (κ1) is 22.7. The smallest absolute Gasteiger partial charge is 0.263 e. The minimum atomic E-state index is -3.75. The van der Waals surface area contributed by atoms with Crippen LogP contribution in [0.4, 0.5) is 10.8 Å². The number of nitrogens with one attached hydrogen (secondary N) is 2. The van der Waals surface area contributed by atoms with E-state index >= 15 is 0 Å². The zero-order chi connectivity index (χ0) is 23.5. The summed E-state index contributed by atoms with van der Waals surface area (Å²) in [5.74, 6) is 0.992. The molecule has 13 heteroatoms. The lowest BCUT2D eigenvalue weighted by Crippen LogP contribution is -2.12. The average Bonchev–Trinajstić information content (AvgIpc) is 3.46. The lowest BCUT2D eigenvalue weighted by molar-refractivity contribution is 0.575. The molecule has 0 aliphatic rings. The van der Waals surface area contributed by atoms with Crippen LogP contribution in [0.3, 0.4) is 0 Å². The van der Waals surface area contributed by atoms with Crippen molar-refractivity contribution in [2.75, 3.05) is 10.1 Å². The number of hydrogen-bond donors (Lipinski definition) is 3. The number of nitrogens with two attached hydrogens (primary N) is 1. The van der Waals surface area contributed by atoms with E-state index in [2.05, 4.69) is 20.2 Å². The molecule has 0 amide bonds. The van der Waals surface area contributed by atoms with Crippen molar-refractivity contribution in [3.8, 4) is 11.3 Å². The number of primary sulfonamides is 1. The summed E-state index contributed by atoms with van der Waals surface area (Å²) in [4.78, 5) is 4.03. The SMILES string of the molecule is NS(=O)(=O)c1ccc(NN=Cc2ccc(-c3ccc(S(=O)(=O)Nc4nccs4)cc3)o2)cc1. The molecule has 170 valence electrons. The predicted molar refractivity (Wildman–Crippen MR) is 126 cm³/mol. The lowest BCUT2D eigenvalue weighted by Gasteiger charge is -2.05. The summed E-state index contributed by atoms with van der Waals surface area (Å²) in [6.45, 7) is 0. The minimum absolute atomic E-state index is 0.00509. The van der Waals surface area contributed by atoms with E-state index in [4.69, 9.17) is 9.56 Å². The summed E-state index contributed by atoms with van der Waals surface area (Å²) >= 11 is 1.19. The molecule has 0 atom stereocenters. The molecule has 4 N–H and O–H groups in total. The number of anilines is 2. The fourth-order valence-electron chi connectivity index (χ4n) is 2.71. The molecule has 2 aromatic carbocycles. The van der Waals surface area contributed by atoms with Gasteiger partial charge in [0.1, 0.15) is 11.5 Å². The topological polar surface area (TPSA) is 157 Å². The summed E-state index contributed by atoms with van der Waals surface area (Å²) in [5, 5.41) is 11.1. The largest absolute Gasteiger partial charge is 0.455 e. The Hall–Kier alpha value is -3.52. The Morgan fingerprint density at radius 3 is 2.27 bits per heavy atom. The molecule has 0 aliphatic carbocycles. The number of nitrogens with zero attached hydrogens (tertiary/aromatic N) is 2. The fraction of sp³-hybridized carbons (Fsp3) is 0. The normalized spacial score (nSPS) is 12.2. The highest BCUT2D eigenvalue weighted by Gasteiger charge is 2.16. The van der Waals surface area contributed by atoms with Crippen molar-refractivity contribution in [1.29, 1.82) is 0 Å². The predicted octanol–water partition coefficient (Wildman–Crippen LogP) is 3.30. The Labute approximate surface area is 193 Å². The van der Waals surface area contributed by atoms with Crippen LogP contribution in [0.1, 0.15) is 5.76 Å². The Bertz CT molecular complexity index is 1480. The van der Waals surface area contributed by atoms with Gasteiger partial charge in [0.2, 0.25) is 10.0 Å². The second kappa shape index (κ2) is 9.15. The molecule has 2 heterocycles. The molecule has 0 bridgehead atoms. The van der Waals surface area contributed by atoms with E-state index in [-0.39, 0.29) is 9.79 Å². The molecule has 0 radical (unpaired) electrons. The van der Waals surface area contributed by atoms with Crippen molar-refractivity contribution in [2.24, 2.45) is 10.2 Å². The standard InChI is InChI=1S/C20H17N5O5S3/c21-32(26,27)17-8-3-15(4-9-17)24-23-13-16-5-10-19(30-16)14-1-6-18(7-2-14)33(28,29)25-20-22-11-12-31-20/h1-13,24H,(H,22,25)(H2,21,26,27). The van der Waals surface area contributed by atoms with Gasteiger partial charge in [-0.3, -0.25) is 10.1 Å². The Morgan fingerprint density at radius 1 is 0.939 bits per heavy atom. The molecule has 0 aliphatic heterocycles. The summed E-state index contributed by atoms with van der Waals surface area (Å²) in [5.41, 5.74) is 4.01. The molecule has 33 heavy (non-hydrogen) atoms. The van der Waals surface area contributed by atoms with Crippen LogP contribution in [0.2, 0.25) is 0 Å². The van der Waals surface area contributed by atoms with E-state index in [1.807, 2.05) is 0 Å². The van der Waals surface area contributed by atoms with Gasteiger partial charge in [-0.15, -0.1) is 11.3 Å². The van der Waals surface area contributed by atoms with Crippen molar-refractivity contribution < 1.29 is 21.3 Å². The number of thiazole rings is 1. The highest BCUT2D eigenvalue weighted by Crippen LogP contribution is 2.24. The van der Waals surface area contributed by atoms with Gasteiger partial charge in [-0.1, -0.05) is 0 Å². The number of rotatable bonds is 8. The molecule has 0 saturated carbocycles. The fourth-order valence-corrected chi connectivity index (χ4v) is 5.02. The number of benzene rings is 2. The van der Waals surface area contributed by atoms with Crippen LogP contribution in [0.25, 0.3) is 11.3 Å². The number of sulfonamides is 2. The molecule has 0 fully saturated rings. The van der Waals surface area contributed by atoms with E-state index in [0.717, 1.165) is 0 Å². The monoisotopic (exact) mass is 503 g/mol. The van der Waals surface area contributed by atoms with Gasteiger partial charge >= 0.3 is 0 Å². The Kier molecular flexibility index (Phi) is 6.29. The lowest BCUT2D eigenvalue weighted by atomic mass is 10.2. The first-order valence-electron chi connectivity index (χ1n) is 9.25. The summed E-state index contributed by atoms with van der Waals surface area (Å²) in [6.07, 6.45) is 2.97. The number of aromatic nitrogens is 1. The number of hydrogen-bond acceptors (Lipinski definition) is 9. The van der Waals surface area contributed by atoms with Crippen LogP contribution in [-0.2, 0) is 20.0 Å². The van der Waals surface area contributed by atoms with Crippen molar-refractivity contribution in [3.05, 3.63) is 78.0 Å². The molecule has 10 nitrogen and oxygen atoms in total. The highest BCUT2D eigenvalue weighted by molar-refractivity contribution is 7.93. The molecule has 0 unspecified atom stereocenters. The van der Waals surface area contributed by atoms with Crippen LogP contribution in [0.5, 0.6) is 0 Å². The second-order valence-corrected chi connectivity index (χ2v) is 10.7. The van der Waals surface area contributed by atoms with E-state index in [0.29, 0.717) is 27.9 Å². The van der Waals surface area contributed by atoms with Crippen LogP contribution in [0, 0.1) is 0 Å². The first-order chi connectivity index (χ1) is 15.7. The van der Waals surface area contributed by atoms with Crippen LogP contribution in [0.15, 0.2) is 91.6 Å². The Morgan fingerprint density at radius 2 is 1.64 bits per heavy atom. The third-order valence-electron chi connectivity index (χ3n) is 4.30. The quantitative estimate of drug-likeness (QED) is 0.246. The van der Waals surface area contributed by atoms with E-state index in [1.165, 1.54) is 60.1 Å². The zero-order valence-corrected chi connectivity index (χ0v) is 19.2. The van der Waals surface area contributed by atoms with E-state index in [1.54, 1.807) is 29.6 Å². The maximum absolute atomic E-state index is 12.4. The van der Waals surface area contributed by atoms with Crippen LogP contribution < -0.4 is 15.3 Å². The minimum Gasteiger partial charge on any atom is -0.455 e. The molecular weight excluding hydrogens is 486 g/mol. The molecule has 4 aromatic rings. The van der Waals surface area contributed by atoms with Gasteiger partial charge in [-0.05, 0) is 60.7 Å². The van der Waals surface area contributed by atoms with Crippen molar-refractivity contribution >= 4 is 48.4 Å². The van der Waals surface area contributed by atoms with Crippen molar-refractivity contribution in [1.82, 2.24) is 4.98 Å². The summed E-state index contributed by atoms with van der Waals surface area (Å²) in [7, 11) is -7.48. The molecule has 0 spiro atoms. The van der Waals surface area contributed by atoms with Gasteiger partial charge in [0, 0.05) is 17.1 Å². The van der Waals surface area contributed by atoms with Gasteiger partial charge in [0.25, 0.3) is 10.0 Å². The van der Waals surface area contributed by atoms with Crippen molar-refractivity contribution in [2.45, 2.75) is 9.79 Å². The van der Waals surface area contributed by atoms with E-state index in [9.17, 15) is 16.8 Å². The van der Waals surface area contributed by atoms with Gasteiger partial charge in [-0.25, -0.2) is 27.0 Å². The van der Waals surface area contributed by atoms with Gasteiger partial charge in [-0.2, -0.15) is 5.10 Å². The zero-order valence-electron chi connectivity index (χ0n) is 16.7. The third kappa shape index (κ3) is 5.64. The van der Waals surface area contributed by atoms with E-state index < -0.39 is 20.0 Å². The average molecular weight is 504 g/mol.